The molecular weight excluding hydrogens is 246 g/mol. The molecule has 0 heterocycles. The second-order valence-corrected chi connectivity index (χ2v) is 3.88. The molecule has 0 aliphatic carbocycles. The van der Waals surface area contributed by atoms with Crippen LogP contribution in [-0.4, -0.2) is 53.7 Å². The van der Waals surface area contributed by atoms with E-state index in [1.165, 1.54) is 0 Å². The molecule has 0 amide bonds. The molecule has 0 aliphatic rings. The summed E-state index contributed by atoms with van der Waals surface area (Å²) >= 11 is 0. The Bertz CT molecular complexity index is 316. The van der Waals surface area contributed by atoms with Crippen LogP contribution >= 0.6 is 0 Å². The van der Waals surface area contributed by atoms with Gasteiger partial charge in [-0.2, -0.15) is 0 Å². The van der Waals surface area contributed by atoms with E-state index in [-0.39, 0.29) is 0 Å². The van der Waals surface area contributed by atoms with Crippen molar-refractivity contribution in [3.63, 3.8) is 0 Å². The van der Waals surface area contributed by atoms with Crippen LogP contribution in [0.5, 0.6) is 11.5 Å². The van der Waals surface area contributed by atoms with Crippen LogP contribution in [0.2, 0.25) is 0 Å². The Morgan fingerprint density at radius 1 is 0.842 bits per heavy atom. The van der Waals surface area contributed by atoms with Gasteiger partial charge in [0.15, 0.2) is 0 Å². The number of methoxy groups -OCH3 is 2. The molecule has 0 atom stereocenters. The maximum atomic E-state index is 5.53. The average molecular weight is 269 g/mol. The van der Waals surface area contributed by atoms with Crippen molar-refractivity contribution in [2.24, 2.45) is 0 Å². The van der Waals surface area contributed by atoms with Crippen LogP contribution in [0.15, 0.2) is 24.3 Å². The van der Waals surface area contributed by atoms with Gasteiger partial charge >= 0.3 is 0 Å². The molecule has 1 aromatic rings. The highest BCUT2D eigenvalue weighted by atomic mass is 16.5. The molecule has 19 heavy (non-hydrogen) atoms. The van der Waals surface area contributed by atoms with Gasteiger partial charge in [0, 0.05) is 20.2 Å². The van der Waals surface area contributed by atoms with Gasteiger partial charge in [-0.1, -0.05) is 0 Å². The summed E-state index contributed by atoms with van der Waals surface area (Å²) in [7, 11) is 3.33. The summed E-state index contributed by atoms with van der Waals surface area (Å²) in [5.74, 6) is 1.65. The van der Waals surface area contributed by atoms with Gasteiger partial charge in [0.25, 0.3) is 0 Å². The van der Waals surface area contributed by atoms with Gasteiger partial charge < -0.3 is 24.3 Å². The van der Waals surface area contributed by atoms with Crippen molar-refractivity contribution in [2.75, 3.05) is 53.7 Å². The first-order chi connectivity index (χ1) is 9.36. The standard InChI is InChI=1S/C14H23NO4/c1-16-9-7-15-8-10-18-11-12-19-14-5-3-13(17-2)4-6-14/h3-6,15H,7-12H2,1-2H3. The smallest absolute Gasteiger partial charge is 0.119 e. The normalized spacial score (nSPS) is 10.4. The molecular formula is C14H23NO4. The van der Waals surface area contributed by atoms with Gasteiger partial charge in [0.1, 0.15) is 18.1 Å². The molecule has 0 aliphatic heterocycles. The third kappa shape index (κ3) is 7.66. The Hall–Kier alpha value is -1.30. The summed E-state index contributed by atoms with van der Waals surface area (Å²) in [6.07, 6.45) is 0. The van der Waals surface area contributed by atoms with E-state index in [1.54, 1.807) is 14.2 Å². The number of ether oxygens (including phenoxy) is 4. The summed E-state index contributed by atoms with van der Waals surface area (Å²) in [4.78, 5) is 0. The lowest BCUT2D eigenvalue weighted by Gasteiger charge is -2.08. The predicted molar refractivity (Wildman–Crippen MR) is 74.1 cm³/mol. The van der Waals surface area contributed by atoms with Crippen molar-refractivity contribution in [3.05, 3.63) is 24.3 Å². The number of hydrogen-bond acceptors (Lipinski definition) is 5. The third-order valence-corrected chi connectivity index (χ3v) is 2.46. The van der Waals surface area contributed by atoms with E-state index in [0.717, 1.165) is 31.2 Å². The molecule has 0 unspecified atom stereocenters. The molecule has 1 aromatic carbocycles. The first kappa shape index (κ1) is 15.8. The highest BCUT2D eigenvalue weighted by Gasteiger charge is 1.95. The zero-order valence-electron chi connectivity index (χ0n) is 11.7. The molecule has 1 rings (SSSR count). The summed E-state index contributed by atoms with van der Waals surface area (Å²) in [5.41, 5.74) is 0. The second kappa shape index (κ2) is 10.6. The van der Waals surface area contributed by atoms with Crippen LogP contribution in [-0.2, 0) is 9.47 Å². The highest BCUT2D eigenvalue weighted by molar-refractivity contribution is 5.31. The topological polar surface area (TPSA) is 49.0 Å². The van der Waals surface area contributed by atoms with Gasteiger partial charge in [-0.25, -0.2) is 0 Å². The van der Waals surface area contributed by atoms with E-state index in [4.69, 9.17) is 18.9 Å². The minimum atomic E-state index is 0.546. The largest absolute Gasteiger partial charge is 0.497 e. The molecule has 0 fully saturated rings. The van der Waals surface area contributed by atoms with E-state index in [9.17, 15) is 0 Å². The van der Waals surface area contributed by atoms with E-state index in [2.05, 4.69) is 5.32 Å². The molecule has 0 spiro atoms. The maximum absolute atomic E-state index is 5.53. The third-order valence-electron chi connectivity index (χ3n) is 2.46. The summed E-state index contributed by atoms with van der Waals surface area (Å²) < 4.78 is 20.9. The van der Waals surface area contributed by atoms with Crippen molar-refractivity contribution >= 4 is 0 Å². The lowest BCUT2D eigenvalue weighted by atomic mass is 10.3. The van der Waals surface area contributed by atoms with E-state index < -0.39 is 0 Å². The first-order valence-corrected chi connectivity index (χ1v) is 6.41. The van der Waals surface area contributed by atoms with Crippen molar-refractivity contribution in [1.82, 2.24) is 5.32 Å². The summed E-state index contributed by atoms with van der Waals surface area (Å²) in [5, 5.41) is 3.20. The number of benzene rings is 1. The van der Waals surface area contributed by atoms with Crippen LogP contribution in [0.25, 0.3) is 0 Å². The zero-order chi connectivity index (χ0) is 13.8. The lowest BCUT2D eigenvalue weighted by Crippen LogP contribution is -2.24. The molecule has 5 heteroatoms. The fourth-order valence-corrected chi connectivity index (χ4v) is 1.44. The quantitative estimate of drug-likeness (QED) is 0.614. The summed E-state index contributed by atoms with van der Waals surface area (Å²) in [6.45, 7) is 4.20. The second-order valence-electron chi connectivity index (χ2n) is 3.88. The fraction of sp³-hybridized carbons (Fsp3) is 0.571. The Labute approximate surface area is 114 Å². The van der Waals surface area contributed by atoms with Crippen LogP contribution in [0.4, 0.5) is 0 Å². The van der Waals surface area contributed by atoms with Crippen LogP contribution in [0.3, 0.4) is 0 Å². The van der Waals surface area contributed by atoms with E-state index in [1.807, 2.05) is 24.3 Å². The number of hydrogen-bond donors (Lipinski definition) is 1. The predicted octanol–water partition coefficient (Wildman–Crippen LogP) is 1.33. The van der Waals surface area contributed by atoms with Gasteiger partial charge in [-0.3, -0.25) is 0 Å². The Kier molecular flexibility index (Phi) is 8.80. The molecule has 108 valence electrons. The Morgan fingerprint density at radius 2 is 1.53 bits per heavy atom. The van der Waals surface area contributed by atoms with Crippen molar-refractivity contribution in [3.8, 4) is 11.5 Å². The zero-order valence-corrected chi connectivity index (χ0v) is 11.7. The number of nitrogens with one attached hydrogen (secondary N) is 1. The first-order valence-electron chi connectivity index (χ1n) is 6.41. The van der Waals surface area contributed by atoms with Gasteiger partial charge in [0.05, 0.1) is 26.9 Å². The molecule has 1 N–H and O–H groups in total. The van der Waals surface area contributed by atoms with Crippen LogP contribution in [0, 0.1) is 0 Å². The molecule has 0 saturated heterocycles. The maximum Gasteiger partial charge on any atom is 0.119 e. The van der Waals surface area contributed by atoms with Gasteiger partial charge in [-0.05, 0) is 24.3 Å². The Balaban J connectivity index is 1.95. The highest BCUT2D eigenvalue weighted by Crippen LogP contribution is 2.16. The van der Waals surface area contributed by atoms with Crippen molar-refractivity contribution in [2.45, 2.75) is 0 Å². The van der Waals surface area contributed by atoms with Crippen LogP contribution in [0.1, 0.15) is 0 Å². The monoisotopic (exact) mass is 269 g/mol. The fourth-order valence-electron chi connectivity index (χ4n) is 1.44. The van der Waals surface area contributed by atoms with Crippen LogP contribution < -0.4 is 14.8 Å². The average Bonchev–Trinajstić information content (AvgIpc) is 2.46. The minimum Gasteiger partial charge on any atom is -0.497 e. The molecule has 5 nitrogen and oxygen atoms in total. The van der Waals surface area contributed by atoms with E-state index >= 15 is 0 Å². The van der Waals surface area contributed by atoms with Gasteiger partial charge in [0.2, 0.25) is 0 Å². The molecule has 0 aromatic heterocycles. The van der Waals surface area contributed by atoms with Crippen molar-refractivity contribution < 1.29 is 18.9 Å². The van der Waals surface area contributed by atoms with Crippen molar-refractivity contribution in [1.29, 1.82) is 0 Å². The SMILES string of the molecule is COCCNCCOCCOc1ccc(OC)cc1. The molecule has 0 bridgehead atoms. The molecule has 0 radical (unpaired) electrons. The minimum absolute atomic E-state index is 0.546. The van der Waals surface area contributed by atoms with Gasteiger partial charge in [-0.15, -0.1) is 0 Å². The molecule has 0 saturated carbocycles. The van der Waals surface area contributed by atoms with E-state index in [0.29, 0.717) is 19.8 Å². The Morgan fingerprint density at radius 3 is 2.21 bits per heavy atom. The lowest BCUT2D eigenvalue weighted by molar-refractivity contribution is 0.100. The summed E-state index contributed by atoms with van der Waals surface area (Å²) in [6, 6.07) is 7.50. The number of rotatable bonds is 11.